The Morgan fingerprint density at radius 1 is 1.19 bits per heavy atom. The summed E-state index contributed by atoms with van der Waals surface area (Å²) in [6, 6.07) is 0. The quantitative estimate of drug-likeness (QED) is 0.813. The molecule has 3 fully saturated rings. The van der Waals surface area contributed by atoms with Gasteiger partial charge in [0.1, 0.15) is 0 Å². The average molecular weight is 372 g/mol. The molecule has 2 saturated heterocycles. The SMILES string of the molecule is O=C1N(CC2CCC2)CCCC12CCN(Cc1nc(C(F)(F)F)no1)C2. The minimum absolute atomic E-state index is 0.0519. The Balaban J connectivity index is 1.38. The van der Waals surface area contributed by atoms with E-state index in [9.17, 15) is 18.0 Å². The van der Waals surface area contributed by atoms with Gasteiger partial charge >= 0.3 is 6.18 Å². The fraction of sp³-hybridized carbons (Fsp3) is 0.824. The number of likely N-dealkylation sites (tertiary alicyclic amines) is 2. The fourth-order valence-electron chi connectivity index (χ4n) is 4.41. The van der Waals surface area contributed by atoms with Crippen LogP contribution in [0.4, 0.5) is 13.2 Å². The van der Waals surface area contributed by atoms with Crippen LogP contribution < -0.4 is 0 Å². The first-order valence-electron chi connectivity index (χ1n) is 9.27. The number of rotatable bonds is 4. The number of carbonyl (C=O) groups excluding carboxylic acids is 1. The van der Waals surface area contributed by atoms with Crippen molar-refractivity contribution in [1.29, 1.82) is 0 Å². The minimum atomic E-state index is -4.60. The van der Waals surface area contributed by atoms with Crippen LogP contribution in [0, 0.1) is 11.3 Å². The molecule has 1 aromatic rings. The van der Waals surface area contributed by atoms with Crippen LogP contribution in [0.25, 0.3) is 0 Å². The van der Waals surface area contributed by atoms with Crippen LogP contribution in [0.5, 0.6) is 0 Å². The Labute approximate surface area is 149 Å². The van der Waals surface area contributed by atoms with Gasteiger partial charge in [-0.1, -0.05) is 11.6 Å². The molecule has 0 N–H and O–H groups in total. The second-order valence-corrected chi connectivity index (χ2v) is 7.90. The Morgan fingerprint density at radius 2 is 2.00 bits per heavy atom. The number of halogens is 3. The van der Waals surface area contributed by atoms with Crippen molar-refractivity contribution in [1.82, 2.24) is 19.9 Å². The summed E-state index contributed by atoms with van der Waals surface area (Å²) in [6.07, 6.45) is 1.66. The highest BCUT2D eigenvalue weighted by atomic mass is 19.4. The average Bonchev–Trinajstić information content (AvgIpc) is 3.15. The van der Waals surface area contributed by atoms with Crippen LogP contribution in [0.15, 0.2) is 4.52 Å². The molecule has 1 unspecified atom stereocenters. The first-order chi connectivity index (χ1) is 12.4. The summed E-state index contributed by atoms with van der Waals surface area (Å²) < 4.78 is 42.5. The summed E-state index contributed by atoms with van der Waals surface area (Å²) in [5.74, 6) is -0.434. The van der Waals surface area contributed by atoms with Crippen molar-refractivity contribution in [2.75, 3.05) is 26.2 Å². The van der Waals surface area contributed by atoms with Gasteiger partial charge in [0.05, 0.1) is 12.0 Å². The molecule has 1 aliphatic carbocycles. The van der Waals surface area contributed by atoms with Crippen LogP contribution in [-0.2, 0) is 17.5 Å². The molecular weight excluding hydrogens is 349 g/mol. The van der Waals surface area contributed by atoms with Gasteiger partial charge in [-0.15, -0.1) is 0 Å². The number of aromatic nitrogens is 2. The maximum Gasteiger partial charge on any atom is 0.455 e. The van der Waals surface area contributed by atoms with Crippen molar-refractivity contribution in [3.05, 3.63) is 11.7 Å². The number of hydrogen-bond donors (Lipinski definition) is 0. The van der Waals surface area contributed by atoms with Crippen molar-refractivity contribution in [2.45, 2.75) is 51.2 Å². The van der Waals surface area contributed by atoms with E-state index in [0.717, 1.165) is 32.4 Å². The van der Waals surface area contributed by atoms with Crippen LogP contribution in [0.1, 0.15) is 50.2 Å². The standard InChI is InChI=1S/C17H23F3N4O2/c18-17(19,20)14-21-13(26-22-14)10-23-8-6-16(11-23)5-2-7-24(15(16)25)9-12-3-1-4-12/h12H,1-11H2. The summed E-state index contributed by atoms with van der Waals surface area (Å²) >= 11 is 0. The molecule has 0 radical (unpaired) electrons. The highest BCUT2D eigenvalue weighted by Gasteiger charge is 2.49. The van der Waals surface area contributed by atoms with Crippen molar-refractivity contribution < 1.29 is 22.5 Å². The van der Waals surface area contributed by atoms with Crippen LogP contribution in [0.2, 0.25) is 0 Å². The third-order valence-corrected chi connectivity index (χ3v) is 6.04. The van der Waals surface area contributed by atoms with E-state index in [-0.39, 0.29) is 18.3 Å². The summed E-state index contributed by atoms with van der Waals surface area (Å²) in [5, 5.41) is 3.00. The highest BCUT2D eigenvalue weighted by Crippen LogP contribution is 2.41. The van der Waals surface area contributed by atoms with E-state index in [4.69, 9.17) is 4.52 Å². The normalized spacial score (nSPS) is 28.1. The van der Waals surface area contributed by atoms with Crippen molar-refractivity contribution in [2.24, 2.45) is 11.3 Å². The molecule has 3 aliphatic rings. The maximum absolute atomic E-state index is 13.1. The third kappa shape index (κ3) is 3.33. The van der Waals surface area contributed by atoms with Gasteiger partial charge in [0.15, 0.2) is 0 Å². The number of piperidine rings is 1. The molecule has 2 aliphatic heterocycles. The van der Waals surface area contributed by atoms with Crippen LogP contribution >= 0.6 is 0 Å². The minimum Gasteiger partial charge on any atom is -0.342 e. The van der Waals surface area contributed by atoms with Gasteiger partial charge in [-0.25, -0.2) is 0 Å². The number of hydrogen-bond acceptors (Lipinski definition) is 5. The molecular formula is C17H23F3N4O2. The Bertz CT molecular complexity index is 673. The van der Waals surface area contributed by atoms with Crippen LogP contribution in [0.3, 0.4) is 0 Å². The molecule has 9 heteroatoms. The summed E-state index contributed by atoms with van der Waals surface area (Å²) in [5.41, 5.74) is -0.394. The van der Waals surface area contributed by atoms with E-state index in [0.29, 0.717) is 19.0 Å². The van der Waals surface area contributed by atoms with Gasteiger partial charge < -0.3 is 9.42 Å². The van der Waals surface area contributed by atoms with Gasteiger partial charge in [-0.2, -0.15) is 18.2 Å². The van der Waals surface area contributed by atoms with Gasteiger partial charge in [-0.05, 0) is 44.6 Å². The molecule has 4 rings (SSSR count). The molecule has 1 atom stereocenters. The Kier molecular flexibility index (Phi) is 4.45. The number of alkyl halides is 3. The maximum atomic E-state index is 13.1. The molecule has 1 amide bonds. The lowest BCUT2D eigenvalue weighted by molar-refractivity contribution is -0.147. The van der Waals surface area contributed by atoms with E-state index < -0.39 is 17.4 Å². The second kappa shape index (κ2) is 6.51. The van der Waals surface area contributed by atoms with E-state index in [2.05, 4.69) is 10.1 Å². The molecule has 1 spiro atoms. The molecule has 3 heterocycles. The first kappa shape index (κ1) is 17.8. The van der Waals surface area contributed by atoms with Gasteiger partial charge in [0.25, 0.3) is 5.82 Å². The zero-order valence-corrected chi connectivity index (χ0v) is 14.6. The second-order valence-electron chi connectivity index (χ2n) is 7.90. The Hall–Kier alpha value is -1.64. The van der Waals surface area contributed by atoms with Gasteiger partial charge in [0, 0.05) is 19.6 Å². The van der Waals surface area contributed by atoms with E-state index in [1.807, 2.05) is 9.80 Å². The number of amides is 1. The molecule has 1 saturated carbocycles. The van der Waals surface area contributed by atoms with Crippen LogP contribution in [-0.4, -0.2) is 52.0 Å². The van der Waals surface area contributed by atoms with Gasteiger partial charge in [0.2, 0.25) is 11.8 Å². The van der Waals surface area contributed by atoms with Crippen molar-refractivity contribution in [3.8, 4) is 0 Å². The summed E-state index contributed by atoms with van der Waals surface area (Å²) in [4.78, 5) is 20.5. The lowest BCUT2D eigenvalue weighted by atomic mass is 9.77. The van der Waals surface area contributed by atoms with Crippen molar-refractivity contribution in [3.63, 3.8) is 0 Å². The monoisotopic (exact) mass is 372 g/mol. The van der Waals surface area contributed by atoms with Crippen molar-refractivity contribution >= 4 is 5.91 Å². The Morgan fingerprint density at radius 3 is 2.65 bits per heavy atom. The fourth-order valence-corrected chi connectivity index (χ4v) is 4.41. The predicted octanol–water partition coefficient (Wildman–Crippen LogP) is 2.70. The van der Waals surface area contributed by atoms with E-state index in [1.165, 1.54) is 19.3 Å². The largest absolute Gasteiger partial charge is 0.455 e. The topological polar surface area (TPSA) is 62.5 Å². The van der Waals surface area contributed by atoms with E-state index >= 15 is 0 Å². The molecule has 0 aromatic carbocycles. The van der Waals surface area contributed by atoms with Gasteiger partial charge in [-0.3, -0.25) is 9.69 Å². The molecule has 144 valence electrons. The predicted molar refractivity (Wildman–Crippen MR) is 84.8 cm³/mol. The molecule has 1 aromatic heterocycles. The summed E-state index contributed by atoms with van der Waals surface area (Å²) in [7, 11) is 0. The lowest BCUT2D eigenvalue weighted by Crippen LogP contribution is -2.51. The zero-order chi connectivity index (χ0) is 18.4. The summed E-state index contributed by atoms with van der Waals surface area (Å²) in [6.45, 7) is 3.05. The molecule has 0 bridgehead atoms. The first-order valence-corrected chi connectivity index (χ1v) is 9.27. The molecule has 26 heavy (non-hydrogen) atoms. The third-order valence-electron chi connectivity index (χ3n) is 6.04. The smallest absolute Gasteiger partial charge is 0.342 e. The lowest BCUT2D eigenvalue weighted by Gasteiger charge is -2.42. The number of carbonyl (C=O) groups is 1. The number of nitrogens with zero attached hydrogens (tertiary/aromatic N) is 4. The highest BCUT2D eigenvalue weighted by molar-refractivity contribution is 5.84. The zero-order valence-electron chi connectivity index (χ0n) is 14.6. The van der Waals surface area contributed by atoms with E-state index in [1.54, 1.807) is 0 Å². The molecule has 6 nitrogen and oxygen atoms in total.